The number of pyridine rings is 1. The number of aryl methyl sites for hydroxylation is 1. The molecule has 1 aliphatic rings. The molecule has 1 aromatic carbocycles. The molecule has 0 aliphatic carbocycles. The van der Waals surface area contributed by atoms with Gasteiger partial charge in [-0.2, -0.15) is 4.98 Å². The number of piperidine rings is 1. The van der Waals surface area contributed by atoms with Crippen LogP contribution in [0.1, 0.15) is 47.7 Å². The van der Waals surface area contributed by atoms with Crippen molar-refractivity contribution in [2.45, 2.75) is 38.7 Å². The number of rotatable bonds is 6. The molecule has 0 bridgehead atoms. The maximum absolute atomic E-state index is 14.4. The first-order chi connectivity index (χ1) is 15.0. The molecule has 2 aromatic heterocycles. The van der Waals surface area contributed by atoms with E-state index in [1.165, 1.54) is 12.1 Å². The first-order valence-electron chi connectivity index (χ1n) is 10.2. The van der Waals surface area contributed by atoms with Crippen molar-refractivity contribution in [2.24, 2.45) is 0 Å². The summed E-state index contributed by atoms with van der Waals surface area (Å²) in [5, 5.41) is 7.12. The number of alkyl halides is 2. The summed E-state index contributed by atoms with van der Waals surface area (Å²) in [5.41, 5.74) is 0.981. The topological polar surface area (TPSA) is 72.0 Å². The molecular formula is C22H24F3N5O. The number of anilines is 1. The molecule has 2 N–H and O–H groups in total. The quantitative estimate of drug-likeness (QED) is 0.599. The molecule has 0 atom stereocenters. The number of halogens is 3. The van der Waals surface area contributed by atoms with E-state index in [0.29, 0.717) is 34.5 Å². The summed E-state index contributed by atoms with van der Waals surface area (Å²) in [7, 11) is 1.59. The average molecular weight is 431 g/mol. The largest absolute Gasteiger partial charge is 0.481 e. The molecule has 9 heteroatoms. The minimum Gasteiger partial charge on any atom is -0.481 e. The summed E-state index contributed by atoms with van der Waals surface area (Å²) < 4.78 is 46.0. The van der Waals surface area contributed by atoms with Crippen LogP contribution in [-0.2, 0) is 6.54 Å². The Morgan fingerprint density at radius 3 is 2.68 bits per heavy atom. The Bertz CT molecular complexity index is 1090. The fourth-order valence-corrected chi connectivity index (χ4v) is 3.97. The maximum Gasteiger partial charge on any atom is 0.266 e. The standard InChI is InChI=1S/C22H24F3N5O/c1-12-28-20(27-11-14-4-3-5-15(18(14)23)19(24)25)17-10-16(13-6-8-26-9-7-13)22(31-2)30-21(17)29-12/h3-5,10,13,19,26H,6-9,11H2,1-2H3,(H,27,28,29,30). The van der Waals surface area contributed by atoms with Crippen LogP contribution in [0, 0.1) is 12.7 Å². The van der Waals surface area contributed by atoms with E-state index in [4.69, 9.17) is 4.74 Å². The van der Waals surface area contributed by atoms with Crippen molar-refractivity contribution in [3.63, 3.8) is 0 Å². The summed E-state index contributed by atoms with van der Waals surface area (Å²) in [4.78, 5) is 13.5. The molecule has 3 aromatic rings. The van der Waals surface area contributed by atoms with E-state index in [0.717, 1.165) is 37.6 Å². The monoisotopic (exact) mass is 431 g/mol. The second kappa shape index (κ2) is 9.05. The van der Waals surface area contributed by atoms with Gasteiger partial charge in [0.25, 0.3) is 6.43 Å². The zero-order chi connectivity index (χ0) is 22.0. The molecular weight excluding hydrogens is 407 g/mol. The van der Waals surface area contributed by atoms with Crippen molar-refractivity contribution in [1.82, 2.24) is 20.3 Å². The van der Waals surface area contributed by atoms with Gasteiger partial charge in [0.2, 0.25) is 5.88 Å². The second-order valence-electron chi connectivity index (χ2n) is 7.58. The van der Waals surface area contributed by atoms with Crippen LogP contribution in [-0.4, -0.2) is 35.2 Å². The highest BCUT2D eigenvalue weighted by atomic mass is 19.3. The second-order valence-corrected chi connectivity index (χ2v) is 7.58. The number of hydrogen-bond acceptors (Lipinski definition) is 6. The molecule has 3 heterocycles. The zero-order valence-electron chi connectivity index (χ0n) is 17.4. The Kier molecular flexibility index (Phi) is 6.22. The van der Waals surface area contributed by atoms with Crippen molar-refractivity contribution in [3.05, 3.63) is 52.6 Å². The van der Waals surface area contributed by atoms with Gasteiger partial charge < -0.3 is 15.4 Å². The summed E-state index contributed by atoms with van der Waals surface area (Å²) >= 11 is 0. The van der Waals surface area contributed by atoms with Crippen molar-refractivity contribution in [2.75, 3.05) is 25.5 Å². The number of aromatic nitrogens is 3. The molecule has 31 heavy (non-hydrogen) atoms. The van der Waals surface area contributed by atoms with Crippen LogP contribution in [0.2, 0.25) is 0 Å². The molecule has 0 saturated carbocycles. The molecule has 1 fully saturated rings. The van der Waals surface area contributed by atoms with Crippen molar-refractivity contribution >= 4 is 16.9 Å². The number of nitrogens with one attached hydrogen (secondary N) is 2. The minimum atomic E-state index is -2.87. The van der Waals surface area contributed by atoms with E-state index in [2.05, 4.69) is 25.6 Å². The van der Waals surface area contributed by atoms with Gasteiger partial charge in [0.15, 0.2) is 5.65 Å². The molecule has 0 unspecified atom stereocenters. The van der Waals surface area contributed by atoms with Crippen LogP contribution in [0.25, 0.3) is 11.0 Å². The van der Waals surface area contributed by atoms with E-state index >= 15 is 0 Å². The van der Waals surface area contributed by atoms with Gasteiger partial charge in [0, 0.05) is 17.7 Å². The maximum atomic E-state index is 14.4. The first-order valence-corrected chi connectivity index (χ1v) is 10.2. The fourth-order valence-electron chi connectivity index (χ4n) is 3.97. The molecule has 1 aliphatic heterocycles. The lowest BCUT2D eigenvalue weighted by atomic mass is 9.90. The number of methoxy groups -OCH3 is 1. The number of benzene rings is 1. The third-order valence-electron chi connectivity index (χ3n) is 5.55. The SMILES string of the molecule is COc1nc2nc(C)nc(NCc3cccc(C(F)F)c3F)c2cc1C1CCNCC1. The van der Waals surface area contributed by atoms with Gasteiger partial charge in [0.1, 0.15) is 17.5 Å². The van der Waals surface area contributed by atoms with Crippen LogP contribution in [0.15, 0.2) is 24.3 Å². The molecule has 0 spiro atoms. The molecule has 0 radical (unpaired) electrons. The molecule has 1 saturated heterocycles. The number of hydrogen-bond donors (Lipinski definition) is 2. The minimum absolute atomic E-state index is 0.00660. The van der Waals surface area contributed by atoms with Crippen LogP contribution >= 0.6 is 0 Å². The Labute approximate surface area is 178 Å². The van der Waals surface area contributed by atoms with Crippen LogP contribution < -0.4 is 15.4 Å². The Balaban J connectivity index is 1.71. The van der Waals surface area contributed by atoms with E-state index in [1.54, 1.807) is 14.0 Å². The van der Waals surface area contributed by atoms with Gasteiger partial charge in [0.05, 0.1) is 18.1 Å². The highest BCUT2D eigenvalue weighted by molar-refractivity contribution is 5.87. The van der Waals surface area contributed by atoms with E-state index in [9.17, 15) is 13.2 Å². The van der Waals surface area contributed by atoms with Crippen LogP contribution in [0.3, 0.4) is 0 Å². The summed E-state index contributed by atoms with van der Waals surface area (Å²) in [6.45, 7) is 3.58. The lowest BCUT2D eigenvalue weighted by Gasteiger charge is -2.24. The third-order valence-corrected chi connectivity index (χ3v) is 5.55. The Morgan fingerprint density at radius 1 is 1.19 bits per heavy atom. The Hall–Kier alpha value is -2.94. The molecule has 164 valence electrons. The van der Waals surface area contributed by atoms with Gasteiger partial charge in [-0.25, -0.2) is 23.1 Å². The number of ether oxygens (including phenoxy) is 1. The smallest absolute Gasteiger partial charge is 0.266 e. The average Bonchev–Trinajstić information content (AvgIpc) is 2.77. The predicted octanol–water partition coefficient (Wildman–Crippen LogP) is 4.50. The Morgan fingerprint density at radius 2 is 1.97 bits per heavy atom. The highest BCUT2D eigenvalue weighted by Gasteiger charge is 2.22. The van der Waals surface area contributed by atoms with E-state index in [1.807, 2.05) is 6.07 Å². The van der Waals surface area contributed by atoms with Gasteiger partial charge in [-0.3, -0.25) is 0 Å². The molecule has 4 rings (SSSR count). The van der Waals surface area contributed by atoms with Gasteiger partial charge in [-0.1, -0.05) is 18.2 Å². The lowest BCUT2D eigenvalue weighted by Crippen LogP contribution is -2.27. The zero-order valence-corrected chi connectivity index (χ0v) is 17.4. The molecule has 0 amide bonds. The van der Waals surface area contributed by atoms with Crippen LogP contribution in [0.5, 0.6) is 5.88 Å². The first kappa shape index (κ1) is 21.3. The molecule has 6 nitrogen and oxygen atoms in total. The normalized spacial score (nSPS) is 14.9. The van der Waals surface area contributed by atoms with Crippen molar-refractivity contribution in [3.8, 4) is 5.88 Å². The lowest BCUT2D eigenvalue weighted by molar-refractivity contribution is 0.146. The summed E-state index contributed by atoms with van der Waals surface area (Å²) in [6, 6.07) is 5.97. The van der Waals surface area contributed by atoms with Crippen LogP contribution in [0.4, 0.5) is 19.0 Å². The van der Waals surface area contributed by atoms with Gasteiger partial charge in [-0.05, 0) is 44.8 Å². The van der Waals surface area contributed by atoms with E-state index in [-0.39, 0.29) is 12.1 Å². The van der Waals surface area contributed by atoms with Crippen molar-refractivity contribution < 1.29 is 17.9 Å². The van der Waals surface area contributed by atoms with E-state index < -0.39 is 17.8 Å². The predicted molar refractivity (Wildman–Crippen MR) is 112 cm³/mol. The summed E-state index contributed by atoms with van der Waals surface area (Å²) in [6.07, 6.45) is -0.943. The highest BCUT2D eigenvalue weighted by Crippen LogP contribution is 2.35. The number of nitrogens with zero attached hydrogens (tertiary/aromatic N) is 3. The van der Waals surface area contributed by atoms with Gasteiger partial charge in [-0.15, -0.1) is 0 Å². The van der Waals surface area contributed by atoms with Crippen molar-refractivity contribution in [1.29, 1.82) is 0 Å². The summed E-state index contributed by atoms with van der Waals surface area (Å²) in [5.74, 6) is 0.896. The van der Waals surface area contributed by atoms with Gasteiger partial charge >= 0.3 is 0 Å². The fraction of sp³-hybridized carbons (Fsp3) is 0.409. The third kappa shape index (κ3) is 4.41. The number of fused-ring (bicyclic) bond motifs is 1.